The van der Waals surface area contributed by atoms with E-state index in [4.69, 9.17) is 5.11 Å². The average Bonchev–Trinajstić information content (AvgIpc) is 2.61. The SMILES string of the molecule is Cn1ncc(CC(=O)O)c1-c1ccc(F)cc1. The summed E-state index contributed by atoms with van der Waals surface area (Å²) in [6, 6.07) is 5.90. The van der Waals surface area contributed by atoms with E-state index in [0.29, 0.717) is 11.3 Å². The van der Waals surface area contributed by atoms with Crippen LogP contribution in [0.15, 0.2) is 30.5 Å². The van der Waals surface area contributed by atoms with Crippen molar-refractivity contribution in [1.82, 2.24) is 9.78 Å². The third kappa shape index (κ3) is 2.33. The molecule has 0 radical (unpaired) electrons. The Balaban J connectivity index is 2.46. The van der Waals surface area contributed by atoms with Gasteiger partial charge in [-0.05, 0) is 24.3 Å². The van der Waals surface area contributed by atoms with Gasteiger partial charge in [0.1, 0.15) is 5.82 Å². The van der Waals surface area contributed by atoms with E-state index in [1.54, 1.807) is 23.9 Å². The Hall–Kier alpha value is -2.17. The molecule has 0 saturated carbocycles. The van der Waals surface area contributed by atoms with Crippen molar-refractivity contribution in [3.8, 4) is 11.3 Å². The fraction of sp³-hybridized carbons (Fsp3) is 0.167. The first-order valence-electron chi connectivity index (χ1n) is 5.06. The molecule has 0 atom stereocenters. The summed E-state index contributed by atoms with van der Waals surface area (Å²) in [4.78, 5) is 10.7. The smallest absolute Gasteiger partial charge is 0.307 e. The van der Waals surface area contributed by atoms with Crippen LogP contribution in [0.3, 0.4) is 0 Å². The van der Waals surface area contributed by atoms with Crippen molar-refractivity contribution in [2.45, 2.75) is 6.42 Å². The van der Waals surface area contributed by atoms with Gasteiger partial charge in [0.25, 0.3) is 0 Å². The topological polar surface area (TPSA) is 55.1 Å². The van der Waals surface area contributed by atoms with Gasteiger partial charge in [-0.15, -0.1) is 0 Å². The molecule has 0 aliphatic heterocycles. The van der Waals surface area contributed by atoms with E-state index in [1.165, 1.54) is 18.3 Å². The van der Waals surface area contributed by atoms with E-state index in [2.05, 4.69) is 5.10 Å². The van der Waals surface area contributed by atoms with Crippen LogP contribution in [0.5, 0.6) is 0 Å². The molecule has 0 amide bonds. The minimum absolute atomic E-state index is 0.0967. The first-order chi connectivity index (χ1) is 8.08. The number of carboxylic acid groups (broad SMARTS) is 1. The Morgan fingerprint density at radius 2 is 2.06 bits per heavy atom. The number of hydrogen-bond acceptors (Lipinski definition) is 2. The Morgan fingerprint density at radius 3 is 2.65 bits per heavy atom. The first-order valence-corrected chi connectivity index (χ1v) is 5.06. The Morgan fingerprint density at radius 1 is 1.41 bits per heavy atom. The Kier molecular flexibility index (Phi) is 2.91. The highest BCUT2D eigenvalue weighted by atomic mass is 19.1. The van der Waals surface area contributed by atoms with Crippen molar-refractivity contribution < 1.29 is 14.3 Å². The summed E-state index contributed by atoms with van der Waals surface area (Å²) >= 11 is 0. The molecule has 17 heavy (non-hydrogen) atoms. The molecule has 1 heterocycles. The second-order valence-corrected chi connectivity index (χ2v) is 3.72. The number of carboxylic acids is 1. The zero-order valence-electron chi connectivity index (χ0n) is 9.22. The summed E-state index contributed by atoms with van der Waals surface area (Å²) < 4.78 is 14.4. The van der Waals surface area contributed by atoms with Crippen LogP contribution in [0.4, 0.5) is 4.39 Å². The van der Waals surface area contributed by atoms with Crippen LogP contribution < -0.4 is 0 Å². The summed E-state index contributed by atoms with van der Waals surface area (Å²) in [5.74, 6) is -1.24. The number of hydrogen-bond donors (Lipinski definition) is 1. The number of rotatable bonds is 3. The highest BCUT2D eigenvalue weighted by Gasteiger charge is 2.13. The van der Waals surface area contributed by atoms with Crippen molar-refractivity contribution >= 4 is 5.97 Å². The lowest BCUT2D eigenvalue weighted by Crippen LogP contribution is -2.02. The monoisotopic (exact) mass is 234 g/mol. The zero-order valence-corrected chi connectivity index (χ0v) is 9.22. The number of benzene rings is 1. The lowest BCUT2D eigenvalue weighted by atomic mass is 10.1. The van der Waals surface area contributed by atoms with Gasteiger partial charge in [-0.3, -0.25) is 9.48 Å². The molecule has 0 saturated heterocycles. The van der Waals surface area contributed by atoms with Crippen molar-refractivity contribution in [1.29, 1.82) is 0 Å². The third-order valence-corrected chi connectivity index (χ3v) is 2.47. The predicted octanol–water partition coefficient (Wildman–Crippen LogP) is 1.85. The summed E-state index contributed by atoms with van der Waals surface area (Å²) in [6.07, 6.45) is 1.42. The molecule has 1 N–H and O–H groups in total. The third-order valence-electron chi connectivity index (χ3n) is 2.47. The van der Waals surface area contributed by atoms with E-state index in [-0.39, 0.29) is 12.2 Å². The number of aliphatic carboxylic acids is 1. The number of aromatic nitrogens is 2. The maximum atomic E-state index is 12.8. The quantitative estimate of drug-likeness (QED) is 0.881. The summed E-state index contributed by atoms with van der Waals surface area (Å²) in [5, 5.41) is 12.8. The summed E-state index contributed by atoms with van der Waals surface area (Å²) in [5.41, 5.74) is 2.07. The van der Waals surface area contributed by atoms with Gasteiger partial charge >= 0.3 is 5.97 Å². The van der Waals surface area contributed by atoms with E-state index < -0.39 is 5.97 Å². The molecule has 1 aromatic heterocycles. The second kappa shape index (κ2) is 4.37. The molecule has 0 aliphatic carbocycles. The van der Waals surface area contributed by atoms with Crippen LogP contribution in [-0.2, 0) is 18.3 Å². The van der Waals surface area contributed by atoms with Gasteiger partial charge in [-0.1, -0.05) is 0 Å². The Labute approximate surface area is 97.3 Å². The van der Waals surface area contributed by atoms with Crippen molar-refractivity contribution in [3.63, 3.8) is 0 Å². The molecule has 0 bridgehead atoms. The van der Waals surface area contributed by atoms with E-state index in [0.717, 1.165) is 5.56 Å². The maximum Gasteiger partial charge on any atom is 0.307 e. The number of carbonyl (C=O) groups is 1. The largest absolute Gasteiger partial charge is 0.481 e. The van der Waals surface area contributed by atoms with Crippen LogP contribution >= 0.6 is 0 Å². The predicted molar refractivity (Wildman–Crippen MR) is 59.9 cm³/mol. The molecule has 2 rings (SSSR count). The molecular formula is C12H11FN2O2. The minimum atomic E-state index is -0.915. The number of halogens is 1. The normalized spacial score (nSPS) is 10.5. The van der Waals surface area contributed by atoms with Crippen LogP contribution in [0.2, 0.25) is 0 Å². The number of aryl methyl sites for hydroxylation is 1. The minimum Gasteiger partial charge on any atom is -0.481 e. The molecular weight excluding hydrogens is 223 g/mol. The van der Waals surface area contributed by atoms with Crippen molar-refractivity contribution in [2.24, 2.45) is 7.05 Å². The van der Waals surface area contributed by atoms with Crippen LogP contribution in [0.25, 0.3) is 11.3 Å². The van der Waals surface area contributed by atoms with Crippen LogP contribution in [0.1, 0.15) is 5.56 Å². The Bertz CT molecular complexity index is 546. The van der Waals surface area contributed by atoms with E-state index in [1.807, 2.05) is 0 Å². The molecule has 5 heteroatoms. The van der Waals surface area contributed by atoms with Crippen LogP contribution in [-0.4, -0.2) is 20.9 Å². The fourth-order valence-electron chi connectivity index (χ4n) is 1.76. The summed E-state index contributed by atoms with van der Waals surface area (Å²) in [6.45, 7) is 0. The molecule has 1 aromatic carbocycles. The molecule has 4 nitrogen and oxygen atoms in total. The summed E-state index contributed by atoms with van der Waals surface area (Å²) in [7, 11) is 1.73. The maximum absolute atomic E-state index is 12.8. The lowest BCUT2D eigenvalue weighted by Gasteiger charge is -2.05. The fourth-order valence-corrected chi connectivity index (χ4v) is 1.76. The number of nitrogens with zero attached hydrogens (tertiary/aromatic N) is 2. The van der Waals surface area contributed by atoms with E-state index >= 15 is 0 Å². The molecule has 2 aromatic rings. The average molecular weight is 234 g/mol. The zero-order chi connectivity index (χ0) is 12.4. The molecule has 0 aliphatic rings. The first kappa shape index (κ1) is 11.3. The highest BCUT2D eigenvalue weighted by molar-refractivity contribution is 5.75. The van der Waals surface area contributed by atoms with Gasteiger partial charge in [0, 0.05) is 18.2 Å². The van der Waals surface area contributed by atoms with Crippen LogP contribution in [0, 0.1) is 5.82 Å². The lowest BCUT2D eigenvalue weighted by molar-refractivity contribution is -0.136. The van der Waals surface area contributed by atoms with Gasteiger partial charge in [0.05, 0.1) is 18.3 Å². The molecule has 0 unspecified atom stereocenters. The molecule has 0 spiro atoms. The van der Waals surface area contributed by atoms with Gasteiger partial charge in [0.15, 0.2) is 0 Å². The molecule has 0 fully saturated rings. The van der Waals surface area contributed by atoms with Crippen molar-refractivity contribution in [3.05, 3.63) is 41.8 Å². The van der Waals surface area contributed by atoms with Gasteiger partial charge < -0.3 is 5.11 Å². The highest BCUT2D eigenvalue weighted by Crippen LogP contribution is 2.23. The second-order valence-electron chi connectivity index (χ2n) is 3.72. The van der Waals surface area contributed by atoms with Gasteiger partial charge in [0.2, 0.25) is 0 Å². The van der Waals surface area contributed by atoms with Crippen molar-refractivity contribution in [2.75, 3.05) is 0 Å². The van der Waals surface area contributed by atoms with E-state index in [9.17, 15) is 9.18 Å². The molecule has 88 valence electrons. The standard InChI is InChI=1S/C12H11FN2O2/c1-15-12(8-2-4-10(13)5-3-8)9(7-14-15)6-11(16)17/h2-5,7H,6H2,1H3,(H,16,17). The van der Waals surface area contributed by atoms with Gasteiger partial charge in [-0.2, -0.15) is 5.10 Å². The van der Waals surface area contributed by atoms with Gasteiger partial charge in [-0.25, -0.2) is 4.39 Å².